The van der Waals surface area contributed by atoms with Crippen molar-refractivity contribution >= 4 is 11.6 Å². The van der Waals surface area contributed by atoms with Crippen molar-refractivity contribution in [2.75, 3.05) is 12.5 Å². The summed E-state index contributed by atoms with van der Waals surface area (Å²) in [7, 11) is 0. The summed E-state index contributed by atoms with van der Waals surface area (Å²) in [5.74, 6) is 1.41. The predicted octanol–water partition coefficient (Wildman–Crippen LogP) is 3.18. The minimum Gasteiger partial charge on any atom is -0.347 e. The van der Waals surface area contributed by atoms with Crippen molar-refractivity contribution < 1.29 is 9.47 Å². The summed E-state index contributed by atoms with van der Waals surface area (Å²) in [5.41, 5.74) is 0. The number of rotatable bonds is 2. The molecule has 3 heteroatoms. The Kier molecular flexibility index (Phi) is 3.59. The van der Waals surface area contributed by atoms with E-state index in [4.69, 9.17) is 21.1 Å². The van der Waals surface area contributed by atoms with Crippen molar-refractivity contribution in [2.24, 2.45) is 11.8 Å². The molecule has 1 heterocycles. The molecule has 88 valence electrons. The fourth-order valence-corrected chi connectivity index (χ4v) is 3.12. The van der Waals surface area contributed by atoms with Gasteiger partial charge in [0.25, 0.3) is 0 Å². The number of alkyl halides is 1. The maximum Gasteiger partial charge on any atom is 0.171 e. The molecule has 0 aromatic heterocycles. The van der Waals surface area contributed by atoms with Gasteiger partial charge in [-0.2, -0.15) is 0 Å². The van der Waals surface area contributed by atoms with Gasteiger partial charge in [0.2, 0.25) is 0 Å². The van der Waals surface area contributed by atoms with Gasteiger partial charge >= 0.3 is 0 Å². The Bertz CT molecular complexity index is 220. The molecule has 0 radical (unpaired) electrons. The Balaban J connectivity index is 2.10. The highest BCUT2D eigenvalue weighted by Crippen LogP contribution is 2.45. The maximum atomic E-state index is 6.06. The molecule has 1 aliphatic heterocycles. The zero-order valence-corrected chi connectivity index (χ0v) is 10.4. The second-order valence-corrected chi connectivity index (χ2v) is 5.42. The van der Waals surface area contributed by atoms with Crippen LogP contribution in [-0.4, -0.2) is 24.4 Å². The van der Waals surface area contributed by atoms with E-state index in [0.717, 1.165) is 6.42 Å². The van der Waals surface area contributed by atoms with E-state index >= 15 is 0 Å². The second-order valence-electron chi connectivity index (χ2n) is 5.11. The molecular formula is C12H21ClO2. The van der Waals surface area contributed by atoms with E-state index in [9.17, 15) is 0 Å². The Morgan fingerprint density at radius 2 is 2.20 bits per heavy atom. The maximum absolute atomic E-state index is 6.06. The largest absolute Gasteiger partial charge is 0.347 e. The first-order valence-electron chi connectivity index (χ1n) is 6.05. The van der Waals surface area contributed by atoms with Crippen molar-refractivity contribution in [3.63, 3.8) is 0 Å². The Hall–Kier alpha value is 0.210. The summed E-state index contributed by atoms with van der Waals surface area (Å²) in [5, 5.41) is 0. The van der Waals surface area contributed by atoms with Gasteiger partial charge in [0.05, 0.1) is 18.6 Å². The van der Waals surface area contributed by atoms with Gasteiger partial charge in [-0.25, -0.2) is 0 Å². The summed E-state index contributed by atoms with van der Waals surface area (Å²) < 4.78 is 12.0. The van der Waals surface area contributed by atoms with Gasteiger partial charge in [0, 0.05) is 12.3 Å². The molecule has 1 saturated heterocycles. The first kappa shape index (κ1) is 11.7. The lowest BCUT2D eigenvalue weighted by molar-refractivity contribution is -0.228. The van der Waals surface area contributed by atoms with Crippen LogP contribution in [0.25, 0.3) is 0 Å². The van der Waals surface area contributed by atoms with Crippen LogP contribution in [0, 0.1) is 11.8 Å². The Labute approximate surface area is 97.3 Å². The van der Waals surface area contributed by atoms with E-state index < -0.39 is 0 Å². The van der Waals surface area contributed by atoms with Crippen LogP contribution in [0.1, 0.15) is 39.5 Å². The van der Waals surface area contributed by atoms with E-state index in [1.165, 1.54) is 19.3 Å². The van der Waals surface area contributed by atoms with Crippen molar-refractivity contribution in [2.45, 2.75) is 51.4 Å². The van der Waals surface area contributed by atoms with E-state index in [1.807, 2.05) is 0 Å². The molecule has 2 fully saturated rings. The van der Waals surface area contributed by atoms with Crippen molar-refractivity contribution in [1.29, 1.82) is 0 Å². The van der Waals surface area contributed by atoms with Crippen LogP contribution in [0.4, 0.5) is 0 Å². The third-order valence-electron chi connectivity index (χ3n) is 3.71. The van der Waals surface area contributed by atoms with Crippen LogP contribution in [-0.2, 0) is 9.47 Å². The first-order chi connectivity index (χ1) is 7.18. The minimum absolute atomic E-state index is 0.103. The van der Waals surface area contributed by atoms with Crippen LogP contribution in [0.2, 0.25) is 0 Å². The molecule has 15 heavy (non-hydrogen) atoms. The molecule has 1 saturated carbocycles. The van der Waals surface area contributed by atoms with Crippen LogP contribution >= 0.6 is 11.6 Å². The van der Waals surface area contributed by atoms with E-state index in [-0.39, 0.29) is 11.9 Å². The van der Waals surface area contributed by atoms with Crippen LogP contribution in [0.3, 0.4) is 0 Å². The molecule has 1 aliphatic carbocycles. The Morgan fingerprint density at radius 1 is 1.40 bits per heavy atom. The number of halogens is 1. The summed E-state index contributed by atoms with van der Waals surface area (Å²) >= 11 is 5.83. The average molecular weight is 233 g/mol. The first-order valence-corrected chi connectivity index (χ1v) is 6.59. The topological polar surface area (TPSA) is 18.5 Å². The zero-order chi connectivity index (χ0) is 10.9. The molecule has 2 rings (SSSR count). The monoisotopic (exact) mass is 232 g/mol. The van der Waals surface area contributed by atoms with E-state index in [2.05, 4.69) is 13.8 Å². The molecule has 0 amide bonds. The summed E-state index contributed by atoms with van der Waals surface area (Å²) in [4.78, 5) is 0. The van der Waals surface area contributed by atoms with Gasteiger partial charge in [-0.15, -0.1) is 11.6 Å². The van der Waals surface area contributed by atoms with Gasteiger partial charge in [-0.3, -0.25) is 0 Å². The van der Waals surface area contributed by atoms with Gasteiger partial charge in [-0.05, 0) is 18.8 Å². The number of ether oxygens (including phenoxy) is 2. The lowest BCUT2D eigenvalue weighted by Crippen LogP contribution is -2.44. The normalized spacial score (nSPS) is 41.6. The molecular weight excluding hydrogens is 212 g/mol. The van der Waals surface area contributed by atoms with Crippen molar-refractivity contribution in [1.82, 2.24) is 0 Å². The predicted molar refractivity (Wildman–Crippen MR) is 61.1 cm³/mol. The van der Waals surface area contributed by atoms with Crippen molar-refractivity contribution in [3.05, 3.63) is 0 Å². The number of hydrogen-bond acceptors (Lipinski definition) is 2. The molecule has 2 nitrogen and oxygen atoms in total. The molecule has 3 unspecified atom stereocenters. The molecule has 0 aromatic rings. The lowest BCUT2D eigenvalue weighted by Gasteiger charge is -2.41. The van der Waals surface area contributed by atoms with E-state index in [1.54, 1.807) is 0 Å². The highest BCUT2D eigenvalue weighted by atomic mass is 35.5. The molecule has 0 N–H and O–H groups in total. The van der Waals surface area contributed by atoms with Gasteiger partial charge in [0.15, 0.2) is 5.79 Å². The standard InChI is InChI=1S/C12H21ClO2/c1-9(2)11-5-3-4-6-12(11)14-8-10(7-13)15-12/h9-11H,3-8H2,1-2H3. The molecule has 3 atom stereocenters. The smallest absolute Gasteiger partial charge is 0.171 e. The third kappa shape index (κ3) is 2.17. The molecule has 1 spiro atoms. The van der Waals surface area contributed by atoms with Gasteiger partial charge in [0.1, 0.15) is 0 Å². The highest BCUT2D eigenvalue weighted by Gasteiger charge is 2.49. The molecule has 0 bridgehead atoms. The zero-order valence-electron chi connectivity index (χ0n) is 9.67. The summed E-state index contributed by atoms with van der Waals surface area (Å²) in [6.07, 6.45) is 4.91. The molecule has 2 aliphatic rings. The second kappa shape index (κ2) is 4.60. The lowest BCUT2D eigenvalue weighted by atomic mass is 9.76. The fraction of sp³-hybridized carbons (Fsp3) is 1.00. The van der Waals surface area contributed by atoms with Gasteiger partial charge < -0.3 is 9.47 Å². The number of hydrogen-bond donors (Lipinski definition) is 0. The van der Waals surface area contributed by atoms with Crippen molar-refractivity contribution in [3.8, 4) is 0 Å². The fourth-order valence-electron chi connectivity index (χ4n) is 2.97. The summed E-state index contributed by atoms with van der Waals surface area (Å²) in [6, 6.07) is 0. The third-order valence-corrected chi connectivity index (χ3v) is 4.06. The van der Waals surface area contributed by atoms with Crippen LogP contribution < -0.4 is 0 Å². The van der Waals surface area contributed by atoms with Crippen LogP contribution in [0.5, 0.6) is 0 Å². The Morgan fingerprint density at radius 3 is 2.80 bits per heavy atom. The van der Waals surface area contributed by atoms with E-state index in [0.29, 0.717) is 24.3 Å². The highest BCUT2D eigenvalue weighted by molar-refractivity contribution is 6.18. The van der Waals surface area contributed by atoms with Gasteiger partial charge in [-0.1, -0.05) is 20.3 Å². The SMILES string of the molecule is CC(C)C1CCCCC12OCC(CCl)O2. The molecule has 0 aromatic carbocycles. The average Bonchev–Trinajstić information content (AvgIpc) is 2.62. The van der Waals surface area contributed by atoms with Crippen LogP contribution in [0.15, 0.2) is 0 Å². The quantitative estimate of drug-likeness (QED) is 0.681. The summed E-state index contributed by atoms with van der Waals surface area (Å²) in [6.45, 7) is 5.20. The minimum atomic E-state index is -0.300.